The number of hydrogen-bond donors (Lipinski definition) is 0. The summed E-state index contributed by atoms with van der Waals surface area (Å²) in [5, 5.41) is 0.690. The van der Waals surface area contributed by atoms with Gasteiger partial charge in [0.05, 0.1) is 17.4 Å². The van der Waals surface area contributed by atoms with Crippen LogP contribution in [0.2, 0.25) is 0 Å². The van der Waals surface area contributed by atoms with Gasteiger partial charge in [-0.15, -0.1) is 11.3 Å². The van der Waals surface area contributed by atoms with Crippen LogP contribution < -0.4 is 10.5 Å². The van der Waals surface area contributed by atoms with Crippen molar-refractivity contribution < 1.29 is 13.6 Å². The van der Waals surface area contributed by atoms with Crippen molar-refractivity contribution in [2.45, 2.75) is 45.1 Å². The zero-order valence-corrected chi connectivity index (χ0v) is 16.5. The van der Waals surface area contributed by atoms with Gasteiger partial charge in [-0.25, -0.2) is 13.8 Å². The van der Waals surface area contributed by atoms with E-state index >= 15 is 0 Å². The van der Waals surface area contributed by atoms with Gasteiger partial charge in [0.15, 0.2) is 0 Å². The minimum atomic E-state index is -0.700. The number of carbonyl (C=O) groups is 1. The summed E-state index contributed by atoms with van der Waals surface area (Å²) >= 11 is 1.59. The third kappa shape index (κ3) is 3.06. The van der Waals surface area contributed by atoms with Crippen LogP contribution in [0, 0.1) is 11.6 Å². The third-order valence-electron chi connectivity index (χ3n) is 5.82. The van der Waals surface area contributed by atoms with Gasteiger partial charge in [0.2, 0.25) is 5.91 Å². The Balaban J connectivity index is 1.39. The molecule has 0 saturated carbocycles. The fourth-order valence-electron chi connectivity index (χ4n) is 4.37. The summed E-state index contributed by atoms with van der Waals surface area (Å²) in [4.78, 5) is 33.6. The molecule has 0 spiro atoms. The number of carbonyl (C=O) groups excluding carboxylic acids is 1. The second-order valence-corrected chi connectivity index (χ2v) is 8.65. The number of anilines is 1. The van der Waals surface area contributed by atoms with E-state index in [1.54, 1.807) is 11.3 Å². The number of thiophene rings is 1. The van der Waals surface area contributed by atoms with E-state index in [-0.39, 0.29) is 24.4 Å². The minimum Gasteiger partial charge on any atom is -0.312 e. The van der Waals surface area contributed by atoms with E-state index < -0.39 is 11.6 Å². The molecule has 0 fully saturated rings. The van der Waals surface area contributed by atoms with Crippen LogP contribution in [0.1, 0.15) is 35.3 Å². The van der Waals surface area contributed by atoms with E-state index in [1.165, 1.54) is 26.7 Å². The summed E-state index contributed by atoms with van der Waals surface area (Å²) in [6, 6.07) is 2.04. The molecule has 0 radical (unpaired) electrons. The largest absolute Gasteiger partial charge is 0.312 e. The maximum atomic E-state index is 13.9. The van der Waals surface area contributed by atoms with Crippen molar-refractivity contribution in [3.8, 4) is 0 Å². The van der Waals surface area contributed by atoms with Gasteiger partial charge in [0.1, 0.15) is 16.5 Å². The Labute approximate surface area is 169 Å². The zero-order valence-electron chi connectivity index (χ0n) is 15.7. The molecule has 0 atom stereocenters. The van der Waals surface area contributed by atoms with Crippen molar-refractivity contribution in [3.05, 3.63) is 56.5 Å². The maximum absolute atomic E-state index is 13.9. The molecule has 5 nitrogen and oxygen atoms in total. The van der Waals surface area contributed by atoms with Gasteiger partial charge in [-0.1, -0.05) is 0 Å². The molecule has 1 aliphatic carbocycles. The van der Waals surface area contributed by atoms with Gasteiger partial charge < -0.3 is 4.90 Å². The lowest BCUT2D eigenvalue weighted by Gasteiger charge is -2.18. The van der Waals surface area contributed by atoms with Gasteiger partial charge in [-0.05, 0) is 43.7 Å². The van der Waals surface area contributed by atoms with Crippen LogP contribution in [-0.4, -0.2) is 22.0 Å². The highest BCUT2D eigenvalue weighted by atomic mass is 32.1. The second-order valence-electron chi connectivity index (χ2n) is 7.56. The molecule has 150 valence electrons. The fraction of sp³-hybridized carbons (Fsp3) is 0.381. The Kier molecular flexibility index (Phi) is 4.46. The van der Waals surface area contributed by atoms with E-state index in [9.17, 15) is 18.4 Å². The van der Waals surface area contributed by atoms with Crippen LogP contribution in [0.25, 0.3) is 10.2 Å². The summed E-state index contributed by atoms with van der Waals surface area (Å²) in [7, 11) is 0. The summed E-state index contributed by atoms with van der Waals surface area (Å²) in [6.45, 7) is 0.508. The fourth-order valence-corrected chi connectivity index (χ4v) is 5.59. The monoisotopic (exact) mass is 415 g/mol. The number of nitrogens with zero attached hydrogens (tertiary/aromatic N) is 3. The Morgan fingerprint density at radius 3 is 2.83 bits per heavy atom. The SMILES string of the molecule is O=C(CCn1cnc2sc3c(c2c1=O)CCCC3)N1CCc2c(F)cc(F)cc21. The van der Waals surface area contributed by atoms with Crippen LogP contribution in [0.5, 0.6) is 0 Å². The van der Waals surface area contributed by atoms with E-state index in [1.807, 2.05) is 0 Å². The molecule has 1 aliphatic heterocycles. The molecule has 1 amide bonds. The van der Waals surface area contributed by atoms with Crippen LogP contribution in [0.3, 0.4) is 0 Å². The van der Waals surface area contributed by atoms with E-state index in [0.717, 1.165) is 42.1 Å². The number of fused-ring (bicyclic) bond motifs is 4. The van der Waals surface area contributed by atoms with Gasteiger partial charge in [0.25, 0.3) is 5.56 Å². The van der Waals surface area contributed by atoms with Crippen LogP contribution in [0.4, 0.5) is 14.5 Å². The summed E-state index contributed by atoms with van der Waals surface area (Å²) < 4.78 is 29.0. The Hall–Kier alpha value is -2.61. The van der Waals surface area contributed by atoms with Crippen LogP contribution in [0.15, 0.2) is 23.3 Å². The molecule has 1 aromatic carbocycles. The number of benzene rings is 1. The smallest absolute Gasteiger partial charge is 0.262 e. The summed E-state index contributed by atoms with van der Waals surface area (Å²) in [5.74, 6) is -1.58. The average Bonchev–Trinajstić information content (AvgIpc) is 3.29. The first-order chi connectivity index (χ1) is 14.0. The van der Waals surface area contributed by atoms with Crippen molar-refractivity contribution in [3.63, 3.8) is 0 Å². The lowest BCUT2D eigenvalue weighted by Crippen LogP contribution is -2.31. The molecule has 5 rings (SSSR count). The normalized spacial score (nSPS) is 15.6. The van der Waals surface area contributed by atoms with Crippen molar-refractivity contribution in [2.75, 3.05) is 11.4 Å². The molecule has 0 saturated heterocycles. The quantitative estimate of drug-likeness (QED) is 0.657. The van der Waals surface area contributed by atoms with E-state index in [2.05, 4.69) is 4.98 Å². The molecule has 0 bridgehead atoms. The number of aromatic nitrogens is 2. The van der Waals surface area contributed by atoms with Crippen molar-refractivity contribution in [1.82, 2.24) is 9.55 Å². The minimum absolute atomic E-state index is 0.0665. The summed E-state index contributed by atoms with van der Waals surface area (Å²) in [5.41, 5.74) is 1.67. The molecular formula is C21H19F2N3O2S. The first-order valence-electron chi connectivity index (χ1n) is 9.81. The molecule has 0 N–H and O–H groups in total. The predicted octanol–water partition coefficient (Wildman–Crippen LogP) is 3.59. The van der Waals surface area contributed by atoms with E-state index in [0.29, 0.717) is 29.6 Å². The lowest BCUT2D eigenvalue weighted by atomic mass is 9.97. The Bertz CT molecular complexity index is 1200. The first kappa shape index (κ1) is 18.4. The van der Waals surface area contributed by atoms with Crippen LogP contribution in [-0.2, 0) is 30.6 Å². The lowest BCUT2D eigenvalue weighted by molar-refractivity contribution is -0.118. The molecular weight excluding hydrogens is 396 g/mol. The number of halogens is 2. The molecule has 3 heterocycles. The first-order valence-corrected chi connectivity index (χ1v) is 10.6. The average molecular weight is 415 g/mol. The zero-order chi connectivity index (χ0) is 20.1. The van der Waals surface area contributed by atoms with Gasteiger partial charge in [-0.3, -0.25) is 14.2 Å². The highest BCUT2D eigenvalue weighted by molar-refractivity contribution is 7.18. The second kappa shape index (κ2) is 7.02. The Morgan fingerprint density at radius 1 is 1.14 bits per heavy atom. The predicted molar refractivity (Wildman–Crippen MR) is 108 cm³/mol. The maximum Gasteiger partial charge on any atom is 0.262 e. The van der Waals surface area contributed by atoms with Crippen molar-refractivity contribution in [2.24, 2.45) is 0 Å². The molecule has 0 unspecified atom stereocenters. The third-order valence-corrected chi connectivity index (χ3v) is 7.02. The molecule has 2 aliphatic rings. The number of hydrogen-bond acceptors (Lipinski definition) is 4. The van der Waals surface area contributed by atoms with Crippen molar-refractivity contribution >= 4 is 33.1 Å². The molecule has 3 aromatic rings. The molecule has 8 heteroatoms. The van der Waals surface area contributed by atoms with Gasteiger partial charge >= 0.3 is 0 Å². The van der Waals surface area contributed by atoms with Crippen molar-refractivity contribution in [1.29, 1.82) is 0 Å². The number of rotatable bonds is 3. The molecule has 2 aromatic heterocycles. The van der Waals surface area contributed by atoms with E-state index in [4.69, 9.17) is 0 Å². The molecule has 29 heavy (non-hydrogen) atoms. The highest BCUT2D eigenvalue weighted by Gasteiger charge is 2.28. The number of amides is 1. The standard InChI is InChI=1S/C21H19F2N3O2S/c22-12-9-15(23)13-5-8-26(16(13)10-12)18(27)6-7-25-11-24-20-19(21(25)28)14-3-1-2-4-17(14)29-20/h9-11H,1-8H2. The van der Waals surface area contributed by atoms with Crippen LogP contribution >= 0.6 is 11.3 Å². The topological polar surface area (TPSA) is 55.2 Å². The van der Waals surface area contributed by atoms with Gasteiger partial charge in [-0.2, -0.15) is 0 Å². The Morgan fingerprint density at radius 2 is 1.97 bits per heavy atom. The van der Waals surface area contributed by atoms with Gasteiger partial charge in [0, 0.05) is 36.0 Å². The number of aryl methyl sites for hydroxylation is 3. The summed E-state index contributed by atoms with van der Waals surface area (Å²) in [6.07, 6.45) is 6.04. The highest BCUT2D eigenvalue weighted by Crippen LogP contribution is 2.34.